The summed E-state index contributed by atoms with van der Waals surface area (Å²) in [5.74, 6) is -0.278. The molecule has 3 aromatic heterocycles. The molecule has 12 nitrogen and oxygen atoms in total. The van der Waals surface area contributed by atoms with E-state index in [2.05, 4.69) is 15.0 Å². The third kappa shape index (κ3) is 5.57. The third-order valence-electron chi connectivity index (χ3n) is 4.19. The average molecular weight is 436 g/mol. The van der Waals surface area contributed by atoms with Crippen molar-refractivity contribution in [3.63, 3.8) is 0 Å². The quantitative estimate of drug-likeness (QED) is 0.293. The minimum atomic E-state index is -3.96. The number of rotatable bonds is 10. The lowest BCUT2D eigenvalue weighted by molar-refractivity contribution is -0.697. The maximum absolute atomic E-state index is 12.2. The number of hydrogen-bond donors (Lipinski definition) is 3. The van der Waals surface area contributed by atoms with Crippen molar-refractivity contribution in [1.82, 2.24) is 19.5 Å². The monoisotopic (exact) mass is 436 g/mol. The van der Waals surface area contributed by atoms with E-state index < -0.39 is 26.0 Å². The van der Waals surface area contributed by atoms with Crippen LogP contribution in [0.25, 0.3) is 11.2 Å². The molecule has 2 atom stereocenters. The van der Waals surface area contributed by atoms with Gasteiger partial charge in [-0.3, -0.25) is 9.36 Å². The van der Waals surface area contributed by atoms with Crippen LogP contribution in [0.15, 0.2) is 37.2 Å². The standard InChI is InChI=1S/C17H22N7O5P/c1-12(7-24-10-22-14-15(18)20-9-21-17(14)24)28-11-30(26,27)29-6-5-23-4-2-3-13(8-23)16(19)25/h2-4,8-10,12H,5-7,11H2,1H3,(H4-,18,19,20,21,25,26,27)/p+1/t12-/m0/s1. The second-order valence-corrected chi connectivity index (χ2v) is 8.39. The highest BCUT2D eigenvalue weighted by Gasteiger charge is 2.22. The van der Waals surface area contributed by atoms with Crippen LogP contribution in [0.1, 0.15) is 17.3 Å². The van der Waals surface area contributed by atoms with E-state index in [0.717, 1.165) is 0 Å². The van der Waals surface area contributed by atoms with E-state index in [9.17, 15) is 14.3 Å². The second kappa shape index (κ2) is 9.26. The zero-order valence-corrected chi connectivity index (χ0v) is 17.2. The van der Waals surface area contributed by atoms with E-state index in [1.54, 1.807) is 40.7 Å². The number of carbonyl (C=O) groups is 1. The van der Waals surface area contributed by atoms with Crippen LogP contribution >= 0.6 is 7.60 Å². The molecule has 3 rings (SSSR count). The number of amides is 1. The van der Waals surface area contributed by atoms with Gasteiger partial charge in [0.2, 0.25) is 0 Å². The SMILES string of the molecule is C[C@@H](Cn1cnc2c(N)ncnc21)OCP(=O)(O)OCC[n+]1cccc(C(N)=O)c1. The molecule has 30 heavy (non-hydrogen) atoms. The van der Waals surface area contributed by atoms with Crippen LogP contribution in [0.2, 0.25) is 0 Å². The molecule has 0 aliphatic carbocycles. The maximum atomic E-state index is 12.2. The molecule has 3 heterocycles. The minimum absolute atomic E-state index is 0.0409. The summed E-state index contributed by atoms with van der Waals surface area (Å²) in [4.78, 5) is 33.4. The Morgan fingerprint density at radius 3 is 2.97 bits per heavy atom. The lowest BCUT2D eigenvalue weighted by Gasteiger charge is -2.17. The normalized spacial score (nSPS) is 14.5. The molecule has 0 fully saturated rings. The number of hydrogen-bond acceptors (Lipinski definition) is 8. The number of aromatic nitrogens is 5. The molecule has 0 bridgehead atoms. The van der Waals surface area contributed by atoms with Gasteiger partial charge in [0.25, 0.3) is 5.91 Å². The number of imidazole rings is 1. The van der Waals surface area contributed by atoms with Crippen molar-refractivity contribution in [2.75, 3.05) is 18.7 Å². The Morgan fingerprint density at radius 1 is 1.40 bits per heavy atom. The molecule has 0 aromatic carbocycles. The van der Waals surface area contributed by atoms with Crippen molar-refractivity contribution in [2.24, 2.45) is 5.73 Å². The van der Waals surface area contributed by atoms with Crippen LogP contribution < -0.4 is 16.0 Å². The molecule has 0 aliphatic rings. The molecule has 0 aliphatic heterocycles. The van der Waals surface area contributed by atoms with Crippen LogP contribution in [0, 0.1) is 0 Å². The lowest BCUT2D eigenvalue weighted by Crippen LogP contribution is -2.36. The van der Waals surface area contributed by atoms with Crippen molar-refractivity contribution in [1.29, 1.82) is 0 Å². The number of nitrogens with two attached hydrogens (primary N) is 2. The first-order valence-electron chi connectivity index (χ1n) is 9.03. The summed E-state index contributed by atoms with van der Waals surface area (Å²) in [5.41, 5.74) is 12.4. The summed E-state index contributed by atoms with van der Waals surface area (Å²) in [6, 6.07) is 3.23. The second-order valence-electron chi connectivity index (χ2n) is 6.60. The Bertz CT molecular complexity index is 1090. The van der Waals surface area contributed by atoms with E-state index in [0.29, 0.717) is 23.3 Å². The summed E-state index contributed by atoms with van der Waals surface area (Å²) >= 11 is 0. The number of nitrogens with zero attached hydrogens (tertiary/aromatic N) is 5. The smallest absolute Gasteiger partial charge is 0.353 e. The summed E-state index contributed by atoms with van der Waals surface area (Å²) in [6.45, 7) is 2.33. The van der Waals surface area contributed by atoms with Gasteiger partial charge in [0, 0.05) is 6.07 Å². The fraction of sp³-hybridized carbons (Fsp3) is 0.353. The molecule has 0 spiro atoms. The number of carbonyl (C=O) groups excluding carboxylic acids is 1. The topological polar surface area (TPSA) is 172 Å². The van der Waals surface area contributed by atoms with Crippen molar-refractivity contribution in [2.45, 2.75) is 26.1 Å². The molecule has 3 aromatic rings. The van der Waals surface area contributed by atoms with Crippen molar-refractivity contribution < 1.29 is 28.1 Å². The van der Waals surface area contributed by atoms with Crippen LogP contribution in [0.5, 0.6) is 0 Å². The van der Waals surface area contributed by atoms with Crippen molar-refractivity contribution >= 4 is 30.5 Å². The fourth-order valence-corrected chi connectivity index (χ4v) is 3.60. The molecular weight excluding hydrogens is 413 g/mol. The van der Waals surface area contributed by atoms with E-state index >= 15 is 0 Å². The van der Waals surface area contributed by atoms with Gasteiger partial charge in [0.05, 0.1) is 19.0 Å². The summed E-state index contributed by atoms with van der Waals surface area (Å²) in [6.07, 6.45) is 5.25. The van der Waals surface area contributed by atoms with Gasteiger partial charge in [0.15, 0.2) is 30.4 Å². The number of nitrogen functional groups attached to an aromatic ring is 1. The van der Waals surface area contributed by atoms with E-state index in [-0.39, 0.29) is 19.0 Å². The highest BCUT2D eigenvalue weighted by molar-refractivity contribution is 7.52. The van der Waals surface area contributed by atoms with Crippen molar-refractivity contribution in [3.05, 3.63) is 42.7 Å². The summed E-state index contributed by atoms with van der Waals surface area (Å²) in [5, 5.41) is 0. The Morgan fingerprint density at radius 2 is 2.20 bits per heavy atom. The van der Waals surface area contributed by atoms with E-state index in [4.69, 9.17) is 20.7 Å². The maximum Gasteiger partial charge on any atom is 0.353 e. The van der Waals surface area contributed by atoms with Crippen LogP contribution in [0.3, 0.4) is 0 Å². The van der Waals surface area contributed by atoms with Crippen LogP contribution in [-0.2, 0) is 26.9 Å². The Labute approximate surface area is 172 Å². The molecule has 1 unspecified atom stereocenters. The zero-order valence-electron chi connectivity index (χ0n) is 16.3. The summed E-state index contributed by atoms with van der Waals surface area (Å²) < 4.78 is 26.2. The van der Waals surface area contributed by atoms with Crippen LogP contribution in [-0.4, -0.2) is 49.4 Å². The Balaban J connectivity index is 1.48. The predicted molar refractivity (Wildman–Crippen MR) is 106 cm³/mol. The minimum Gasteiger partial charge on any atom is -0.382 e. The van der Waals surface area contributed by atoms with Gasteiger partial charge in [0.1, 0.15) is 30.4 Å². The highest BCUT2D eigenvalue weighted by Crippen LogP contribution is 2.41. The largest absolute Gasteiger partial charge is 0.382 e. The molecule has 160 valence electrons. The molecule has 5 N–H and O–H groups in total. The van der Waals surface area contributed by atoms with Gasteiger partial charge < -0.3 is 30.2 Å². The van der Waals surface area contributed by atoms with E-state index in [1.807, 2.05) is 0 Å². The first-order chi connectivity index (χ1) is 14.2. The summed E-state index contributed by atoms with van der Waals surface area (Å²) in [7, 11) is -3.96. The third-order valence-corrected chi connectivity index (χ3v) is 5.25. The van der Waals surface area contributed by atoms with Gasteiger partial charge in [-0.1, -0.05) is 0 Å². The number of anilines is 1. The average Bonchev–Trinajstić information content (AvgIpc) is 3.11. The van der Waals surface area contributed by atoms with Gasteiger partial charge in [-0.05, 0) is 13.0 Å². The molecule has 0 radical (unpaired) electrons. The molecule has 13 heteroatoms. The number of ether oxygens (including phenoxy) is 1. The Hall–Kier alpha value is -2.92. The highest BCUT2D eigenvalue weighted by atomic mass is 31.2. The first-order valence-corrected chi connectivity index (χ1v) is 10.8. The lowest BCUT2D eigenvalue weighted by atomic mass is 10.3. The zero-order chi connectivity index (χ0) is 21.7. The van der Waals surface area contributed by atoms with Crippen LogP contribution in [0.4, 0.5) is 5.82 Å². The van der Waals surface area contributed by atoms with Gasteiger partial charge in [-0.25, -0.2) is 19.5 Å². The first kappa shape index (κ1) is 21.8. The van der Waals surface area contributed by atoms with E-state index in [1.165, 1.54) is 12.5 Å². The fourth-order valence-electron chi connectivity index (χ4n) is 2.72. The number of fused-ring (bicyclic) bond motifs is 1. The number of primary amides is 1. The molecule has 0 saturated heterocycles. The Kier molecular flexibility index (Phi) is 6.73. The van der Waals surface area contributed by atoms with Gasteiger partial charge in [-0.2, -0.15) is 0 Å². The number of pyridine rings is 1. The molecular formula is C17H23N7O5P+. The van der Waals surface area contributed by atoms with Gasteiger partial charge >= 0.3 is 7.60 Å². The molecule has 0 saturated carbocycles. The predicted octanol–water partition coefficient (Wildman–Crippen LogP) is 0.0597. The van der Waals surface area contributed by atoms with Gasteiger partial charge in [-0.15, -0.1) is 0 Å². The van der Waals surface area contributed by atoms with Crippen molar-refractivity contribution in [3.8, 4) is 0 Å². The molecule has 1 amide bonds.